The van der Waals surface area contributed by atoms with Crippen LogP contribution in [0.5, 0.6) is 0 Å². The van der Waals surface area contributed by atoms with Crippen LogP contribution in [-0.4, -0.2) is 51.0 Å². The molecule has 0 aliphatic heterocycles. The van der Waals surface area contributed by atoms with Crippen molar-refractivity contribution < 1.29 is 17.9 Å². The molecule has 4 aliphatic rings. The van der Waals surface area contributed by atoms with Crippen LogP contribution < -0.4 is 5.32 Å². The van der Waals surface area contributed by atoms with E-state index in [-0.39, 0.29) is 22.5 Å². The van der Waals surface area contributed by atoms with Gasteiger partial charge in [-0.05, 0) is 87.5 Å². The predicted molar refractivity (Wildman–Crippen MR) is 111 cm³/mol. The van der Waals surface area contributed by atoms with Gasteiger partial charge in [-0.1, -0.05) is 0 Å². The Morgan fingerprint density at radius 2 is 1.62 bits per heavy atom. The molecule has 0 spiro atoms. The second kappa shape index (κ2) is 7.67. The van der Waals surface area contributed by atoms with E-state index in [9.17, 15) is 13.2 Å². The second-order valence-corrected chi connectivity index (χ2v) is 11.7. The first kappa shape index (κ1) is 20.8. The molecule has 0 aromatic heterocycles. The van der Waals surface area contributed by atoms with Crippen molar-refractivity contribution in [1.29, 1.82) is 0 Å². The van der Waals surface area contributed by atoms with Crippen LogP contribution in [0.2, 0.25) is 0 Å². The third-order valence-electron chi connectivity index (χ3n) is 6.88. The second-order valence-electron chi connectivity index (χ2n) is 9.55. The zero-order valence-electron chi connectivity index (χ0n) is 17.6. The molecule has 1 aromatic rings. The fourth-order valence-electron chi connectivity index (χ4n) is 5.97. The van der Waals surface area contributed by atoms with Gasteiger partial charge in [-0.25, -0.2) is 12.7 Å². The van der Waals surface area contributed by atoms with E-state index < -0.39 is 10.0 Å². The van der Waals surface area contributed by atoms with E-state index in [4.69, 9.17) is 4.74 Å². The van der Waals surface area contributed by atoms with E-state index in [1.807, 2.05) is 6.92 Å². The minimum absolute atomic E-state index is 0.0289. The molecule has 0 heterocycles. The Bertz CT molecular complexity index is 828. The molecule has 160 valence electrons. The summed E-state index contributed by atoms with van der Waals surface area (Å²) in [5.74, 6) is 2.29. The van der Waals surface area contributed by atoms with Crippen LogP contribution in [-0.2, 0) is 14.8 Å². The lowest BCUT2D eigenvalue weighted by molar-refractivity contribution is -0.182. The number of amides is 1. The van der Waals surface area contributed by atoms with Crippen LogP contribution in [0.3, 0.4) is 0 Å². The zero-order chi connectivity index (χ0) is 20.8. The van der Waals surface area contributed by atoms with Crippen LogP contribution >= 0.6 is 0 Å². The van der Waals surface area contributed by atoms with Gasteiger partial charge in [-0.3, -0.25) is 4.79 Å². The lowest BCUT2D eigenvalue weighted by Crippen LogP contribution is -2.53. The Morgan fingerprint density at radius 1 is 1.10 bits per heavy atom. The molecular formula is C22H32N2O4S. The summed E-state index contributed by atoms with van der Waals surface area (Å²) in [6.07, 6.45) is 7.65. The standard InChI is InChI=1S/C22H32N2O4S/c1-15(28-22-11-16-8-17(12-22)10-18(9-16)13-22)14-23-21(25)19-4-6-20(7-5-19)29(26,27)24(2)3/h4-7,15-18H,8-14H2,1-3H3,(H,23,25)/t15-,16?,17?,18?,22?/m0/s1. The molecule has 1 amide bonds. The Morgan fingerprint density at radius 3 is 2.10 bits per heavy atom. The number of ether oxygens (including phenoxy) is 1. The Balaban J connectivity index is 1.32. The van der Waals surface area contributed by atoms with Gasteiger partial charge in [0.05, 0.1) is 16.6 Å². The van der Waals surface area contributed by atoms with E-state index >= 15 is 0 Å². The van der Waals surface area contributed by atoms with Gasteiger partial charge in [0.1, 0.15) is 0 Å². The minimum atomic E-state index is -3.49. The van der Waals surface area contributed by atoms with Crippen molar-refractivity contribution in [2.24, 2.45) is 17.8 Å². The van der Waals surface area contributed by atoms with Gasteiger partial charge in [0, 0.05) is 26.2 Å². The number of benzene rings is 1. The highest BCUT2D eigenvalue weighted by Crippen LogP contribution is 2.57. The maximum atomic E-state index is 12.5. The van der Waals surface area contributed by atoms with Crippen molar-refractivity contribution in [1.82, 2.24) is 9.62 Å². The van der Waals surface area contributed by atoms with Crippen molar-refractivity contribution in [3.63, 3.8) is 0 Å². The summed E-state index contributed by atoms with van der Waals surface area (Å²) in [6.45, 7) is 2.49. The van der Waals surface area contributed by atoms with Gasteiger partial charge in [-0.15, -0.1) is 0 Å². The SMILES string of the molecule is C[C@@H](CNC(=O)c1ccc(S(=O)(=O)N(C)C)cc1)OC12CC3CC(CC(C3)C1)C2. The molecule has 4 aliphatic carbocycles. The number of hydrogen-bond donors (Lipinski definition) is 1. The van der Waals surface area contributed by atoms with Crippen LogP contribution in [0.25, 0.3) is 0 Å². The van der Waals surface area contributed by atoms with Crippen LogP contribution in [0.15, 0.2) is 29.2 Å². The maximum absolute atomic E-state index is 12.5. The monoisotopic (exact) mass is 420 g/mol. The number of rotatable bonds is 7. The maximum Gasteiger partial charge on any atom is 0.251 e. The molecule has 7 heteroatoms. The lowest BCUT2D eigenvalue weighted by atomic mass is 9.54. The highest BCUT2D eigenvalue weighted by molar-refractivity contribution is 7.89. The molecule has 0 unspecified atom stereocenters. The fraction of sp³-hybridized carbons (Fsp3) is 0.682. The van der Waals surface area contributed by atoms with E-state index in [1.54, 1.807) is 12.1 Å². The normalized spacial score (nSPS) is 31.8. The van der Waals surface area contributed by atoms with Gasteiger partial charge >= 0.3 is 0 Å². The molecule has 4 saturated carbocycles. The van der Waals surface area contributed by atoms with Crippen LogP contribution in [0, 0.1) is 17.8 Å². The van der Waals surface area contributed by atoms with E-state index in [0.29, 0.717) is 12.1 Å². The topological polar surface area (TPSA) is 75.7 Å². The number of nitrogens with zero attached hydrogens (tertiary/aromatic N) is 1. The zero-order valence-corrected chi connectivity index (χ0v) is 18.4. The lowest BCUT2D eigenvalue weighted by Gasteiger charge is -2.57. The summed E-state index contributed by atoms with van der Waals surface area (Å²) in [4.78, 5) is 12.7. The third kappa shape index (κ3) is 4.23. The fourth-order valence-corrected chi connectivity index (χ4v) is 6.87. The van der Waals surface area contributed by atoms with E-state index in [2.05, 4.69) is 5.32 Å². The van der Waals surface area contributed by atoms with E-state index in [0.717, 1.165) is 22.1 Å². The van der Waals surface area contributed by atoms with Crippen molar-refractivity contribution in [3.05, 3.63) is 29.8 Å². The molecule has 6 nitrogen and oxygen atoms in total. The first-order valence-electron chi connectivity index (χ1n) is 10.7. The summed E-state index contributed by atoms with van der Waals surface area (Å²) in [5.41, 5.74) is 0.478. The van der Waals surface area contributed by atoms with Gasteiger partial charge in [0.15, 0.2) is 0 Å². The largest absolute Gasteiger partial charge is 0.370 e. The quantitative estimate of drug-likeness (QED) is 0.736. The highest BCUT2D eigenvalue weighted by atomic mass is 32.2. The molecule has 1 atom stereocenters. The van der Waals surface area contributed by atoms with Crippen molar-refractivity contribution in [2.75, 3.05) is 20.6 Å². The van der Waals surface area contributed by atoms with Crippen LogP contribution in [0.1, 0.15) is 55.8 Å². The molecule has 4 bridgehead atoms. The highest BCUT2D eigenvalue weighted by Gasteiger charge is 2.52. The van der Waals surface area contributed by atoms with Gasteiger partial charge in [0.2, 0.25) is 10.0 Å². The summed E-state index contributed by atoms with van der Waals surface area (Å²) < 4.78 is 32.0. The molecule has 29 heavy (non-hydrogen) atoms. The summed E-state index contributed by atoms with van der Waals surface area (Å²) in [6, 6.07) is 6.05. The molecule has 4 fully saturated rings. The smallest absolute Gasteiger partial charge is 0.251 e. The third-order valence-corrected chi connectivity index (χ3v) is 8.71. The molecular weight excluding hydrogens is 388 g/mol. The van der Waals surface area contributed by atoms with E-state index in [1.165, 1.54) is 64.8 Å². The van der Waals surface area contributed by atoms with Crippen molar-refractivity contribution in [2.45, 2.75) is 62.0 Å². The van der Waals surface area contributed by atoms with Gasteiger partial charge in [0.25, 0.3) is 5.91 Å². The average Bonchev–Trinajstić information content (AvgIpc) is 2.64. The molecule has 0 radical (unpaired) electrons. The minimum Gasteiger partial charge on any atom is -0.370 e. The average molecular weight is 421 g/mol. The summed E-state index contributed by atoms with van der Waals surface area (Å²) in [5, 5.41) is 2.94. The molecule has 5 rings (SSSR count). The van der Waals surface area contributed by atoms with Gasteiger partial charge < -0.3 is 10.1 Å². The Labute approximate surface area is 174 Å². The molecule has 1 N–H and O–H groups in total. The predicted octanol–water partition coefficient (Wildman–Crippen LogP) is 3.04. The van der Waals surface area contributed by atoms with Crippen LogP contribution in [0.4, 0.5) is 0 Å². The number of carbonyl (C=O) groups excluding carboxylic acids is 1. The number of nitrogens with one attached hydrogen (secondary N) is 1. The molecule has 0 saturated heterocycles. The number of hydrogen-bond acceptors (Lipinski definition) is 4. The number of carbonyl (C=O) groups is 1. The summed E-state index contributed by atoms with van der Waals surface area (Å²) >= 11 is 0. The van der Waals surface area contributed by atoms with Gasteiger partial charge in [-0.2, -0.15) is 0 Å². The number of sulfonamides is 1. The van der Waals surface area contributed by atoms with Crippen molar-refractivity contribution in [3.8, 4) is 0 Å². The first-order chi connectivity index (χ1) is 13.7. The summed E-state index contributed by atoms with van der Waals surface area (Å²) in [7, 11) is -0.515. The Hall–Kier alpha value is -1.44. The molecule has 1 aromatic carbocycles. The van der Waals surface area contributed by atoms with Crippen molar-refractivity contribution >= 4 is 15.9 Å². The Kier molecular flexibility index (Phi) is 5.51. The first-order valence-corrected chi connectivity index (χ1v) is 12.1.